The minimum atomic E-state index is 0.168. The van der Waals surface area contributed by atoms with Gasteiger partial charge in [0.05, 0.1) is 12.6 Å². The topological polar surface area (TPSA) is 51.4 Å². The molecule has 0 aliphatic heterocycles. The van der Waals surface area contributed by atoms with Crippen LogP contribution in [0.3, 0.4) is 0 Å². The van der Waals surface area contributed by atoms with Gasteiger partial charge in [-0.15, -0.1) is 0 Å². The van der Waals surface area contributed by atoms with E-state index in [1.807, 2.05) is 57.3 Å². The molecule has 0 unspecified atom stereocenters. The van der Waals surface area contributed by atoms with Gasteiger partial charge in [0.2, 0.25) is 11.7 Å². The molecule has 0 fully saturated rings. The molecule has 136 valence electrons. The van der Waals surface area contributed by atoms with E-state index in [0.717, 1.165) is 17.9 Å². The number of aromatic nitrogens is 2. The number of aryl methyl sites for hydroxylation is 1. The average molecular weight is 351 g/mol. The van der Waals surface area contributed by atoms with Crippen LogP contribution in [-0.2, 0) is 13.1 Å². The molecule has 0 aliphatic rings. The lowest BCUT2D eigenvalue weighted by molar-refractivity contribution is 0.240. The molecule has 0 N–H and O–H groups in total. The molecule has 5 nitrogen and oxygen atoms in total. The Kier molecular flexibility index (Phi) is 5.68. The summed E-state index contributed by atoms with van der Waals surface area (Å²) in [4.78, 5) is 6.64. The summed E-state index contributed by atoms with van der Waals surface area (Å²) in [6.07, 6.45) is 0.168. The van der Waals surface area contributed by atoms with Crippen molar-refractivity contribution in [2.24, 2.45) is 0 Å². The predicted octanol–water partition coefficient (Wildman–Crippen LogP) is 4.46. The normalized spacial score (nSPS) is 11.3. The zero-order chi connectivity index (χ0) is 18.5. The van der Waals surface area contributed by atoms with Gasteiger partial charge in [0.25, 0.3) is 0 Å². The van der Waals surface area contributed by atoms with Gasteiger partial charge in [0.1, 0.15) is 5.75 Å². The Morgan fingerprint density at radius 2 is 1.85 bits per heavy atom. The Hall–Kier alpha value is -2.66. The SMILES string of the molecule is Cc1ccc(-c2noc(CN(C)Cc3cccc(OC(C)C)c3)n2)cc1. The van der Waals surface area contributed by atoms with Crippen LogP contribution >= 0.6 is 0 Å². The first-order valence-electron chi connectivity index (χ1n) is 8.83. The number of benzene rings is 2. The largest absolute Gasteiger partial charge is 0.491 e. The van der Waals surface area contributed by atoms with E-state index in [1.54, 1.807) is 0 Å². The molecule has 0 bridgehead atoms. The molecule has 3 rings (SSSR count). The number of hydrogen-bond acceptors (Lipinski definition) is 5. The van der Waals surface area contributed by atoms with E-state index in [-0.39, 0.29) is 6.10 Å². The molecule has 0 saturated heterocycles. The van der Waals surface area contributed by atoms with Crippen LogP contribution in [-0.4, -0.2) is 28.2 Å². The molecular weight excluding hydrogens is 326 g/mol. The first-order chi connectivity index (χ1) is 12.5. The molecule has 26 heavy (non-hydrogen) atoms. The lowest BCUT2D eigenvalue weighted by Gasteiger charge is -2.16. The summed E-state index contributed by atoms with van der Waals surface area (Å²) in [7, 11) is 2.03. The van der Waals surface area contributed by atoms with Gasteiger partial charge in [-0.05, 0) is 45.5 Å². The molecule has 2 aromatic carbocycles. The summed E-state index contributed by atoms with van der Waals surface area (Å²) in [5.74, 6) is 2.13. The lowest BCUT2D eigenvalue weighted by Crippen LogP contribution is -2.17. The molecule has 3 aromatic rings. The van der Waals surface area contributed by atoms with Crippen molar-refractivity contribution in [3.05, 3.63) is 65.5 Å². The van der Waals surface area contributed by atoms with Crippen molar-refractivity contribution in [3.8, 4) is 17.1 Å². The van der Waals surface area contributed by atoms with Crippen molar-refractivity contribution in [2.45, 2.75) is 40.0 Å². The maximum atomic E-state index is 5.76. The second kappa shape index (κ2) is 8.15. The Bertz CT molecular complexity index is 840. The Morgan fingerprint density at radius 3 is 2.58 bits per heavy atom. The van der Waals surface area contributed by atoms with Crippen molar-refractivity contribution < 1.29 is 9.26 Å². The maximum Gasteiger partial charge on any atom is 0.241 e. The molecule has 0 atom stereocenters. The third kappa shape index (κ3) is 4.92. The Morgan fingerprint density at radius 1 is 1.08 bits per heavy atom. The number of ether oxygens (including phenoxy) is 1. The van der Waals surface area contributed by atoms with Crippen molar-refractivity contribution in [3.63, 3.8) is 0 Å². The molecule has 1 heterocycles. The van der Waals surface area contributed by atoms with Gasteiger partial charge in [-0.25, -0.2) is 0 Å². The molecule has 0 aliphatic carbocycles. The molecule has 0 saturated carbocycles. The van der Waals surface area contributed by atoms with Crippen molar-refractivity contribution >= 4 is 0 Å². The van der Waals surface area contributed by atoms with Crippen LogP contribution < -0.4 is 4.74 Å². The first-order valence-corrected chi connectivity index (χ1v) is 8.83. The standard InChI is InChI=1S/C21H25N3O2/c1-15(2)25-19-7-5-6-17(12-19)13-24(4)14-20-22-21(23-26-20)18-10-8-16(3)9-11-18/h5-12,15H,13-14H2,1-4H3. The summed E-state index contributed by atoms with van der Waals surface area (Å²) < 4.78 is 11.2. The van der Waals surface area contributed by atoms with Gasteiger partial charge in [-0.3, -0.25) is 4.90 Å². The van der Waals surface area contributed by atoms with Gasteiger partial charge >= 0.3 is 0 Å². The van der Waals surface area contributed by atoms with E-state index < -0.39 is 0 Å². The molecular formula is C21H25N3O2. The van der Waals surface area contributed by atoms with Gasteiger partial charge in [0.15, 0.2) is 0 Å². The average Bonchev–Trinajstić information content (AvgIpc) is 3.03. The van der Waals surface area contributed by atoms with Gasteiger partial charge < -0.3 is 9.26 Å². The minimum Gasteiger partial charge on any atom is -0.491 e. The number of hydrogen-bond donors (Lipinski definition) is 0. The Balaban J connectivity index is 1.62. The number of nitrogens with zero attached hydrogens (tertiary/aromatic N) is 3. The van der Waals surface area contributed by atoms with Gasteiger partial charge in [-0.2, -0.15) is 4.98 Å². The lowest BCUT2D eigenvalue weighted by atomic mass is 10.1. The van der Waals surface area contributed by atoms with Crippen LogP contribution in [0.4, 0.5) is 0 Å². The fraction of sp³-hybridized carbons (Fsp3) is 0.333. The third-order valence-electron chi connectivity index (χ3n) is 3.91. The third-order valence-corrected chi connectivity index (χ3v) is 3.91. The number of rotatable bonds is 7. The highest BCUT2D eigenvalue weighted by molar-refractivity contribution is 5.54. The zero-order valence-electron chi connectivity index (χ0n) is 15.8. The van der Waals surface area contributed by atoms with Gasteiger partial charge in [-0.1, -0.05) is 47.1 Å². The van der Waals surface area contributed by atoms with Crippen LogP contribution in [0.2, 0.25) is 0 Å². The van der Waals surface area contributed by atoms with Crippen molar-refractivity contribution in [1.29, 1.82) is 0 Å². The minimum absolute atomic E-state index is 0.168. The van der Waals surface area contributed by atoms with E-state index in [0.29, 0.717) is 18.3 Å². The van der Waals surface area contributed by atoms with E-state index in [4.69, 9.17) is 9.26 Å². The van der Waals surface area contributed by atoms with E-state index in [1.165, 1.54) is 11.1 Å². The highest BCUT2D eigenvalue weighted by Crippen LogP contribution is 2.19. The highest BCUT2D eigenvalue weighted by atomic mass is 16.5. The monoisotopic (exact) mass is 351 g/mol. The molecule has 0 amide bonds. The van der Waals surface area contributed by atoms with Crippen LogP contribution in [0.25, 0.3) is 11.4 Å². The van der Waals surface area contributed by atoms with Crippen LogP contribution in [0.5, 0.6) is 5.75 Å². The van der Waals surface area contributed by atoms with Crippen molar-refractivity contribution in [2.75, 3.05) is 7.05 Å². The summed E-state index contributed by atoms with van der Waals surface area (Å²) in [5.41, 5.74) is 3.36. The van der Waals surface area contributed by atoms with Crippen LogP contribution in [0.15, 0.2) is 53.1 Å². The van der Waals surface area contributed by atoms with E-state index in [2.05, 4.69) is 34.1 Å². The predicted molar refractivity (Wildman–Crippen MR) is 102 cm³/mol. The maximum absolute atomic E-state index is 5.76. The van der Waals surface area contributed by atoms with Crippen molar-refractivity contribution in [1.82, 2.24) is 15.0 Å². The molecule has 1 aromatic heterocycles. The summed E-state index contributed by atoms with van der Waals surface area (Å²) in [6.45, 7) is 7.48. The fourth-order valence-electron chi connectivity index (χ4n) is 2.73. The van der Waals surface area contributed by atoms with Crippen LogP contribution in [0, 0.1) is 6.92 Å². The van der Waals surface area contributed by atoms with Crippen LogP contribution in [0.1, 0.15) is 30.9 Å². The van der Waals surface area contributed by atoms with E-state index >= 15 is 0 Å². The molecule has 5 heteroatoms. The Labute approximate surface area is 154 Å². The summed E-state index contributed by atoms with van der Waals surface area (Å²) >= 11 is 0. The summed E-state index contributed by atoms with van der Waals surface area (Å²) in [6, 6.07) is 16.3. The van der Waals surface area contributed by atoms with E-state index in [9.17, 15) is 0 Å². The molecule has 0 spiro atoms. The second-order valence-electron chi connectivity index (χ2n) is 6.86. The smallest absolute Gasteiger partial charge is 0.241 e. The highest BCUT2D eigenvalue weighted by Gasteiger charge is 2.11. The second-order valence-corrected chi connectivity index (χ2v) is 6.86. The summed E-state index contributed by atoms with van der Waals surface area (Å²) in [5, 5.41) is 4.09. The fourth-order valence-corrected chi connectivity index (χ4v) is 2.73. The zero-order valence-corrected chi connectivity index (χ0v) is 15.8. The van der Waals surface area contributed by atoms with Gasteiger partial charge in [0, 0.05) is 12.1 Å². The first kappa shape index (κ1) is 18.1. The molecule has 0 radical (unpaired) electrons. The quantitative estimate of drug-likeness (QED) is 0.629.